The Morgan fingerprint density at radius 3 is 2.20 bits per heavy atom. The van der Waals surface area contributed by atoms with Gasteiger partial charge in [-0.15, -0.1) is 0 Å². The standard InChI is InChI=1S/C37H59N5O7S/c1-22(2)18-37(8,21-50(48,49)20-24-13-10-9-11-14-24)41-34(47)40-30(35(3,4)5)33(46)42-19-25-27(36(25,6)7)28(42)32(45)39-26(29(43)31(38)44)17-23-15-12-16-23/h9-11,13-14,22-23,25-28,30,32,39,45H,12,15-21H2,1-8H3,(H2,38,44)(H2,40,41,47)/t25?,26?,27?,28?,30-,32?,37?/m1/s1. The molecular formula is C37H59N5O7S. The summed E-state index contributed by atoms with van der Waals surface area (Å²) in [5, 5.41) is 20.4. The molecule has 50 heavy (non-hydrogen) atoms. The van der Waals surface area contributed by atoms with Gasteiger partial charge in [-0.1, -0.05) is 98.1 Å². The topological polar surface area (TPSA) is 188 Å². The van der Waals surface area contributed by atoms with Crippen LogP contribution >= 0.6 is 0 Å². The van der Waals surface area contributed by atoms with Crippen LogP contribution in [0.5, 0.6) is 0 Å². The van der Waals surface area contributed by atoms with Crippen LogP contribution in [-0.2, 0) is 30.0 Å². The summed E-state index contributed by atoms with van der Waals surface area (Å²) < 4.78 is 26.7. The lowest BCUT2D eigenvalue weighted by Crippen LogP contribution is -2.64. The zero-order chi connectivity index (χ0) is 37.4. The third-order valence-corrected chi connectivity index (χ3v) is 12.9. The molecule has 3 fully saturated rings. The van der Waals surface area contributed by atoms with Crippen molar-refractivity contribution in [3.63, 3.8) is 0 Å². The van der Waals surface area contributed by atoms with E-state index >= 15 is 0 Å². The van der Waals surface area contributed by atoms with E-state index in [4.69, 9.17) is 5.73 Å². The van der Waals surface area contributed by atoms with E-state index in [1.54, 1.807) is 36.1 Å². The fraction of sp³-hybridized carbons (Fsp3) is 0.730. The summed E-state index contributed by atoms with van der Waals surface area (Å²) in [6.07, 6.45) is 2.36. The molecule has 1 aromatic carbocycles. The highest BCUT2D eigenvalue weighted by Crippen LogP contribution is 2.65. The normalized spacial score (nSPS) is 24.7. The summed E-state index contributed by atoms with van der Waals surface area (Å²) in [7, 11) is -3.63. The molecule has 0 bridgehead atoms. The van der Waals surface area contributed by atoms with E-state index in [9.17, 15) is 32.7 Å². The number of fused-ring (bicyclic) bond motifs is 1. The van der Waals surface area contributed by atoms with E-state index in [1.165, 1.54) is 0 Å². The van der Waals surface area contributed by atoms with E-state index in [0.29, 0.717) is 24.9 Å². The van der Waals surface area contributed by atoms with Crippen LogP contribution in [0.3, 0.4) is 0 Å². The van der Waals surface area contributed by atoms with Crippen molar-refractivity contribution in [2.24, 2.45) is 40.2 Å². The average Bonchev–Trinajstić information content (AvgIpc) is 3.27. The Balaban J connectivity index is 1.53. The molecule has 1 saturated heterocycles. The number of hydrogen-bond donors (Lipinski definition) is 5. The maximum atomic E-state index is 14.5. The number of rotatable bonds is 16. The summed E-state index contributed by atoms with van der Waals surface area (Å²) in [6.45, 7) is 15.6. The van der Waals surface area contributed by atoms with Crippen molar-refractivity contribution in [3.8, 4) is 0 Å². The third kappa shape index (κ3) is 9.44. The number of Topliss-reactive ketones (excluding diaryl/α,β-unsaturated/α-hetero) is 1. The molecule has 0 radical (unpaired) electrons. The minimum absolute atomic E-state index is 0.0660. The number of carbonyl (C=O) groups is 4. The molecule has 4 rings (SSSR count). The van der Waals surface area contributed by atoms with Crippen LogP contribution in [0.1, 0.15) is 93.1 Å². The fourth-order valence-corrected chi connectivity index (χ4v) is 10.4. The number of primary amides is 1. The molecule has 2 aliphatic carbocycles. The molecule has 2 saturated carbocycles. The molecule has 6 N–H and O–H groups in total. The maximum absolute atomic E-state index is 14.5. The van der Waals surface area contributed by atoms with Gasteiger partial charge < -0.3 is 26.4 Å². The van der Waals surface area contributed by atoms with Crippen LogP contribution in [-0.4, -0.2) is 84.2 Å². The smallest absolute Gasteiger partial charge is 0.315 e. The minimum atomic E-state index is -3.63. The predicted molar refractivity (Wildman–Crippen MR) is 192 cm³/mol. The monoisotopic (exact) mass is 717 g/mol. The van der Waals surface area contributed by atoms with Crippen molar-refractivity contribution in [2.45, 2.75) is 123 Å². The van der Waals surface area contributed by atoms with Gasteiger partial charge in [0.05, 0.1) is 29.1 Å². The molecule has 1 aliphatic heterocycles. The van der Waals surface area contributed by atoms with Gasteiger partial charge in [0.15, 0.2) is 9.84 Å². The van der Waals surface area contributed by atoms with Crippen LogP contribution in [0.25, 0.3) is 0 Å². The van der Waals surface area contributed by atoms with E-state index in [-0.39, 0.29) is 46.5 Å². The lowest BCUT2D eigenvalue weighted by atomic mass is 9.80. The first-order valence-corrected chi connectivity index (χ1v) is 19.8. The molecule has 13 heteroatoms. The Hall–Kier alpha value is -3.03. The summed E-state index contributed by atoms with van der Waals surface area (Å²) in [4.78, 5) is 54.5. The number of ketones is 1. The highest BCUT2D eigenvalue weighted by molar-refractivity contribution is 7.90. The number of likely N-dealkylation sites (tertiary alicyclic amines) is 1. The number of hydrogen-bond acceptors (Lipinski definition) is 8. The molecule has 4 amide bonds. The number of benzene rings is 1. The molecule has 3 aliphatic rings. The van der Waals surface area contributed by atoms with Crippen LogP contribution in [0.2, 0.25) is 0 Å². The summed E-state index contributed by atoms with van der Waals surface area (Å²) >= 11 is 0. The number of amides is 4. The Morgan fingerprint density at radius 1 is 1.06 bits per heavy atom. The van der Waals surface area contributed by atoms with Gasteiger partial charge in [0.1, 0.15) is 12.3 Å². The molecule has 280 valence electrons. The Morgan fingerprint density at radius 2 is 1.68 bits per heavy atom. The minimum Gasteiger partial charge on any atom is -0.376 e. The second-order valence-electron chi connectivity index (χ2n) is 17.4. The van der Waals surface area contributed by atoms with E-state index in [2.05, 4.69) is 29.8 Å². The first kappa shape index (κ1) is 39.8. The number of sulfone groups is 1. The Labute approximate surface area is 298 Å². The van der Waals surface area contributed by atoms with E-state index in [1.807, 2.05) is 40.7 Å². The highest BCUT2D eigenvalue weighted by atomic mass is 32.2. The fourth-order valence-electron chi connectivity index (χ4n) is 8.40. The molecule has 7 atom stereocenters. The van der Waals surface area contributed by atoms with Crippen molar-refractivity contribution in [1.82, 2.24) is 20.9 Å². The largest absolute Gasteiger partial charge is 0.376 e. The number of nitrogens with zero attached hydrogens (tertiary/aromatic N) is 1. The molecule has 0 spiro atoms. The van der Waals surface area contributed by atoms with Gasteiger partial charge in [-0.25, -0.2) is 13.2 Å². The number of carbonyl (C=O) groups excluding carboxylic acids is 4. The van der Waals surface area contributed by atoms with Crippen molar-refractivity contribution in [1.29, 1.82) is 0 Å². The molecule has 6 unspecified atom stereocenters. The highest BCUT2D eigenvalue weighted by Gasteiger charge is 2.69. The maximum Gasteiger partial charge on any atom is 0.315 e. The third-order valence-electron chi connectivity index (χ3n) is 11.0. The predicted octanol–water partition coefficient (Wildman–Crippen LogP) is 3.12. The van der Waals surface area contributed by atoms with Crippen LogP contribution in [0.15, 0.2) is 30.3 Å². The Bertz CT molecular complexity index is 1520. The Kier molecular flexibility index (Phi) is 11.9. The average molecular weight is 718 g/mol. The van der Waals surface area contributed by atoms with Crippen molar-refractivity contribution in [3.05, 3.63) is 35.9 Å². The lowest BCUT2D eigenvalue weighted by molar-refractivity contribution is -0.142. The number of nitrogens with two attached hydrogens (primary N) is 1. The van der Waals surface area contributed by atoms with Crippen LogP contribution in [0, 0.1) is 34.5 Å². The summed E-state index contributed by atoms with van der Waals surface area (Å²) in [5.41, 5.74) is 3.99. The van der Waals surface area contributed by atoms with E-state index in [0.717, 1.165) is 19.3 Å². The second kappa shape index (κ2) is 14.9. The van der Waals surface area contributed by atoms with Gasteiger partial charge in [-0.2, -0.15) is 0 Å². The molecule has 1 heterocycles. The zero-order valence-corrected chi connectivity index (χ0v) is 31.8. The molecule has 1 aromatic rings. The van der Waals surface area contributed by atoms with Crippen LogP contribution < -0.4 is 21.7 Å². The first-order chi connectivity index (χ1) is 23.0. The first-order valence-electron chi connectivity index (χ1n) is 18.0. The quantitative estimate of drug-likeness (QED) is 0.127. The molecule has 12 nitrogen and oxygen atoms in total. The van der Waals surface area contributed by atoms with Gasteiger partial charge in [0.25, 0.3) is 5.91 Å². The van der Waals surface area contributed by atoms with Crippen molar-refractivity contribution < 1.29 is 32.7 Å². The van der Waals surface area contributed by atoms with Crippen molar-refractivity contribution in [2.75, 3.05) is 12.3 Å². The lowest BCUT2D eigenvalue weighted by Gasteiger charge is -2.41. The second-order valence-corrected chi connectivity index (χ2v) is 19.5. The van der Waals surface area contributed by atoms with Gasteiger partial charge >= 0.3 is 6.03 Å². The SMILES string of the molecule is CC(C)CC(C)(CS(=O)(=O)Cc1ccccc1)NC(=O)N[C@H](C(=O)N1CC2C(C1C(O)NC(CC1CCC1)C(=O)C(N)=O)C2(C)C)C(C)(C)C. The van der Waals surface area contributed by atoms with Gasteiger partial charge in [0, 0.05) is 6.54 Å². The summed E-state index contributed by atoms with van der Waals surface area (Å²) in [6, 6.07) is 5.53. The van der Waals surface area contributed by atoms with Crippen molar-refractivity contribution >= 4 is 33.5 Å². The van der Waals surface area contributed by atoms with Gasteiger partial charge in [0.2, 0.25) is 11.7 Å². The van der Waals surface area contributed by atoms with Gasteiger partial charge in [-0.3, -0.25) is 19.7 Å². The van der Waals surface area contributed by atoms with Crippen LogP contribution in [0.4, 0.5) is 4.79 Å². The zero-order valence-electron chi connectivity index (χ0n) is 31.0. The number of nitrogens with one attached hydrogen (secondary N) is 3. The summed E-state index contributed by atoms with van der Waals surface area (Å²) in [5.74, 6) is -2.35. The number of urea groups is 1. The number of piperidine rings is 1. The van der Waals surface area contributed by atoms with Gasteiger partial charge in [-0.05, 0) is 59.8 Å². The number of aliphatic hydroxyl groups is 1. The molecule has 0 aromatic heterocycles. The number of aliphatic hydroxyl groups excluding tert-OH is 1. The van der Waals surface area contributed by atoms with E-state index < -0.39 is 62.9 Å². The molecular weight excluding hydrogens is 659 g/mol.